The molecule has 0 amide bonds. The molecule has 1 aromatic rings. The Bertz CT molecular complexity index is 455. The third kappa shape index (κ3) is 2.62. The van der Waals surface area contributed by atoms with Crippen LogP contribution in [0.25, 0.3) is 0 Å². The lowest BCUT2D eigenvalue weighted by Crippen LogP contribution is -2.56. The van der Waals surface area contributed by atoms with E-state index in [9.17, 15) is 0 Å². The first-order valence-corrected chi connectivity index (χ1v) is 7.87. The first kappa shape index (κ1) is 14.0. The Morgan fingerprint density at radius 3 is 2.90 bits per heavy atom. The molecule has 2 saturated heterocycles. The molecule has 0 bridgehead atoms. The van der Waals surface area contributed by atoms with E-state index in [4.69, 9.17) is 5.73 Å². The van der Waals surface area contributed by atoms with Crippen LogP contribution in [0.1, 0.15) is 36.6 Å². The van der Waals surface area contributed by atoms with E-state index < -0.39 is 0 Å². The molecule has 0 saturated carbocycles. The van der Waals surface area contributed by atoms with Crippen molar-refractivity contribution in [1.82, 2.24) is 19.6 Å². The van der Waals surface area contributed by atoms with Crippen LogP contribution in [0.2, 0.25) is 0 Å². The third-order valence-electron chi connectivity index (χ3n) is 4.94. The van der Waals surface area contributed by atoms with Gasteiger partial charge in [0.2, 0.25) is 0 Å². The summed E-state index contributed by atoms with van der Waals surface area (Å²) in [6, 6.07) is 1.07. The normalized spacial score (nSPS) is 26.4. The molecule has 5 nitrogen and oxygen atoms in total. The van der Waals surface area contributed by atoms with Gasteiger partial charge in [0.05, 0.1) is 11.7 Å². The lowest BCUT2D eigenvalue weighted by atomic mass is 9.97. The minimum absolute atomic E-state index is 0.327. The van der Waals surface area contributed by atoms with E-state index in [1.54, 1.807) is 0 Å². The van der Waals surface area contributed by atoms with E-state index in [1.165, 1.54) is 37.9 Å². The van der Waals surface area contributed by atoms with Crippen LogP contribution in [0.5, 0.6) is 0 Å². The summed E-state index contributed by atoms with van der Waals surface area (Å²) in [7, 11) is 1.99. The Morgan fingerprint density at radius 1 is 1.35 bits per heavy atom. The summed E-state index contributed by atoms with van der Waals surface area (Å²) in [5.41, 5.74) is 8.51. The number of hydrogen-bond donors (Lipinski definition) is 1. The molecular weight excluding hydrogens is 250 g/mol. The topological polar surface area (TPSA) is 50.3 Å². The SMILES string of the molecule is Cc1nn(C)cc1C(CN)N1CCN2CCCCC2C1. The van der Waals surface area contributed by atoms with Crippen LogP contribution in [0.4, 0.5) is 0 Å². The second-order valence-electron chi connectivity index (χ2n) is 6.28. The van der Waals surface area contributed by atoms with Gasteiger partial charge in [0.25, 0.3) is 0 Å². The second kappa shape index (κ2) is 5.84. The molecule has 0 aromatic carbocycles. The Balaban J connectivity index is 1.75. The first-order chi connectivity index (χ1) is 9.69. The molecule has 5 heteroatoms. The van der Waals surface area contributed by atoms with E-state index in [0.29, 0.717) is 12.6 Å². The molecule has 3 heterocycles. The predicted octanol–water partition coefficient (Wildman–Crippen LogP) is 0.898. The van der Waals surface area contributed by atoms with Gasteiger partial charge in [-0.25, -0.2) is 0 Å². The van der Waals surface area contributed by atoms with Crippen molar-refractivity contribution in [3.8, 4) is 0 Å². The average Bonchev–Trinajstić information content (AvgIpc) is 2.78. The van der Waals surface area contributed by atoms with Crippen molar-refractivity contribution in [3.05, 3.63) is 17.5 Å². The Kier molecular flexibility index (Phi) is 4.10. The maximum absolute atomic E-state index is 6.09. The standard InChI is InChI=1S/C15H27N5/c1-12-14(11-18(2)17-12)15(9-16)20-8-7-19-6-4-3-5-13(19)10-20/h11,13,15H,3-10,16H2,1-2H3. The Hall–Kier alpha value is -0.910. The molecule has 3 rings (SSSR count). The third-order valence-corrected chi connectivity index (χ3v) is 4.94. The Morgan fingerprint density at radius 2 is 2.20 bits per heavy atom. The summed E-state index contributed by atoms with van der Waals surface area (Å²) in [6.45, 7) is 7.55. The highest BCUT2D eigenvalue weighted by Crippen LogP contribution is 2.28. The van der Waals surface area contributed by atoms with Gasteiger partial charge in [0.1, 0.15) is 0 Å². The van der Waals surface area contributed by atoms with Crippen LogP contribution in [-0.4, -0.2) is 58.3 Å². The highest BCUT2D eigenvalue weighted by Gasteiger charge is 2.33. The number of aromatic nitrogens is 2. The average molecular weight is 277 g/mol. The van der Waals surface area contributed by atoms with Gasteiger partial charge < -0.3 is 5.73 Å². The van der Waals surface area contributed by atoms with E-state index in [1.807, 2.05) is 11.7 Å². The quantitative estimate of drug-likeness (QED) is 0.892. The number of hydrogen-bond acceptors (Lipinski definition) is 4. The second-order valence-corrected chi connectivity index (χ2v) is 6.28. The zero-order valence-corrected chi connectivity index (χ0v) is 12.8. The molecule has 2 N–H and O–H groups in total. The molecule has 0 aliphatic carbocycles. The van der Waals surface area contributed by atoms with Crippen molar-refractivity contribution in [2.24, 2.45) is 12.8 Å². The minimum Gasteiger partial charge on any atom is -0.329 e. The lowest BCUT2D eigenvalue weighted by Gasteiger charge is -2.46. The van der Waals surface area contributed by atoms with Crippen LogP contribution in [0.3, 0.4) is 0 Å². The van der Waals surface area contributed by atoms with E-state index in [-0.39, 0.29) is 0 Å². The fourth-order valence-corrected chi connectivity index (χ4v) is 3.88. The van der Waals surface area contributed by atoms with Crippen molar-refractivity contribution < 1.29 is 0 Å². The summed E-state index contributed by atoms with van der Waals surface area (Å²) in [5, 5.41) is 4.48. The smallest absolute Gasteiger partial charge is 0.0641 e. The number of piperazine rings is 1. The zero-order chi connectivity index (χ0) is 14.1. The van der Waals surface area contributed by atoms with E-state index in [0.717, 1.165) is 24.8 Å². The fourth-order valence-electron chi connectivity index (χ4n) is 3.88. The molecule has 1 aromatic heterocycles. The fraction of sp³-hybridized carbons (Fsp3) is 0.800. The van der Waals surface area contributed by atoms with Crippen LogP contribution in [0.15, 0.2) is 6.20 Å². The van der Waals surface area contributed by atoms with Gasteiger partial charge in [-0.15, -0.1) is 0 Å². The molecule has 2 unspecified atom stereocenters. The predicted molar refractivity (Wildman–Crippen MR) is 80.5 cm³/mol. The van der Waals surface area contributed by atoms with Gasteiger partial charge in [0, 0.05) is 51.0 Å². The van der Waals surface area contributed by atoms with E-state index >= 15 is 0 Å². The summed E-state index contributed by atoms with van der Waals surface area (Å²) in [6.07, 6.45) is 6.24. The Labute approximate surface area is 121 Å². The molecule has 2 aliphatic rings. The van der Waals surface area contributed by atoms with Crippen LogP contribution in [-0.2, 0) is 7.05 Å². The zero-order valence-electron chi connectivity index (χ0n) is 12.8. The van der Waals surface area contributed by atoms with Crippen molar-refractivity contribution in [2.45, 2.75) is 38.3 Å². The van der Waals surface area contributed by atoms with Crippen molar-refractivity contribution in [1.29, 1.82) is 0 Å². The molecule has 112 valence electrons. The molecule has 20 heavy (non-hydrogen) atoms. The van der Waals surface area contributed by atoms with Crippen molar-refractivity contribution in [3.63, 3.8) is 0 Å². The summed E-state index contributed by atoms with van der Waals surface area (Å²) in [4.78, 5) is 5.25. The van der Waals surface area contributed by atoms with E-state index in [2.05, 4.69) is 28.0 Å². The van der Waals surface area contributed by atoms with Crippen molar-refractivity contribution >= 4 is 0 Å². The molecule has 2 aliphatic heterocycles. The van der Waals surface area contributed by atoms with Gasteiger partial charge in [-0.2, -0.15) is 5.10 Å². The van der Waals surface area contributed by atoms with Gasteiger partial charge in [0.15, 0.2) is 0 Å². The maximum atomic E-state index is 6.09. The molecule has 2 atom stereocenters. The van der Waals surface area contributed by atoms with Gasteiger partial charge in [-0.05, 0) is 26.3 Å². The van der Waals surface area contributed by atoms with Gasteiger partial charge in [-0.1, -0.05) is 6.42 Å². The molecule has 0 spiro atoms. The number of nitrogens with two attached hydrogens (primary N) is 1. The number of piperidine rings is 1. The number of nitrogens with zero attached hydrogens (tertiary/aromatic N) is 4. The summed E-state index contributed by atoms with van der Waals surface area (Å²) in [5.74, 6) is 0. The van der Waals surface area contributed by atoms with Gasteiger partial charge >= 0.3 is 0 Å². The highest BCUT2D eigenvalue weighted by atomic mass is 15.3. The number of aryl methyl sites for hydroxylation is 2. The largest absolute Gasteiger partial charge is 0.329 e. The molecule has 2 fully saturated rings. The monoisotopic (exact) mass is 277 g/mol. The lowest BCUT2D eigenvalue weighted by molar-refractivity contribution is 0.0285. The number of fused-ring (bicyclic) bond motifs is 1. The summed E-state index contributed by atoms with van der Waals surface area (Å²) < 4.78 is 1.91. The highest BCUT2D eigenvalue weighted by molar-refractivity contribution is 5.21. The van der Waals surface area contributed by atoms with Crippen LogP contribution in [0, 0.1) is 6.92 Å². The molecule has 0 radical (unpaired) electrons. The maximum Gasteiger partial charge on any atom is 0.0641 e. The van der Waals surface area contributed by atoms with Gasteiger partial charge in [-0.3, -0.25) is 14.5 Å². The van der Waals surface area contributed by atoms with Crippen LogP contribution < -0.4 is 5.73 Å². The first-order valence-electron chi connectivity index (χ1n) is 7.87. The number of rotatable bonds is 3. The van der Waals surface area contributed by atoms with Crippen LogP contribution >= 0.6 is 0 Å². The minimum atomic E-state index is 0.327. The molecular formula is C15H27N5. The summed E-state index contributed by atoms with van der Waals surface area (Å²) >= 11 is 0. The van der Waals surface area contributed by atoms with Crippen molar-refractivity contribution in [2.75, 3.05) is 32.7 Å².